The van der Waals surface area contributed by atoms with Crippen molar-refractivity contribution in [2.45, 2.75) is 22.9 Å². The van der Waals surface area contributed by atoms with Gasteiger partial charge in [0.2, 0.25) is 0 Å². The molecule has 5 nitrogen and oxygen atoms in total. The molecule has 116 valence electrons. The van der Waals surface area contributed by atoms with Crippen LogP contribution in [0.3, 0.4) is 0 Å². The lowest BCUT2D eigenvalue weighted by Gasteiger charge is -2.11. The van der Waals surface area contributed by atoms with Gasteiger partial charge in [0, 0.05) is 17.9 Å². The summed E-state index contributed by atoms with van der Waals surface area (Å²) in [5.41, 5.74) is -4.68. The number of hydrogen-bond donors (Lipinski definition) is 3. The second kappa shape index (κ2) is 7.32. The van der Waals surface area contributed by atoms with Crippen LogP contribution in [0, 0.1) is 0 Å². The number of hydrogen-bond acceptors (Lipinski definition) is 4. The van der Waals surface area contributed by atoms with Crippen molar-refractivity contribution in [2.75, 3.05) is 6.54 Å². The minimum Gasteiger partial charge on any atom is -0.479 e. The van der Waals surface area contributed by atoms with Crippen LogP contribution in [-0.4, -0.2) is 40.2 Å². The van der Waals surface area contributed by atoms with E-state index in [0.29, 0.717) is 0 Å². The lowest BCUT2D eigenvalue weighted by Crippen LogP contribution is -2.30. The average molecular weight is 323 g/mol. The molecule has 1 amide bonds. The van der Waals surface area contributed by atoms with Gasteiger partial charge in [-0.2, -0.15) is 13.2 Å². The van der Waals surface area contributed by atoms with Gasteiger partial charge in [-0.3, -0.25) is 4.79 Å². The molecule has 21 heavy (non-hydrogen) atoms. The molecule has 0 bridgehead atoms. The van der Waals surface area contributed by atoms with E-state index < -0.39 is 35.3 Å². The van der Waals surface area contributed by atoms with Gasteiger partial charge in [-0.05, 0) is 23.9 Å². The maximum atomic E-state index is 12.4. The minimum atomic E-state index is -4.52. The molecule has 1 aromatic carbocycles. The van der Waals surface area contributed by atoms with E-state index in [1.807, 2.05) is 0 Å². The van der Waals surface area contributed by atoms with Crippen LogP contribution in [0.25, 0.3) is 0 Å². The van der Waals surface area contributed by atoms with Crippen LogP contribution < -0.4 is 5.32 Å². The normalized spacial score (nSPS) is 12.8. The first kappa shape index (κ1) is 17.3. The summed E-state index contributed by atoms with van der Waals surface area (Å²) in [6.45, 7) is -0.169. The van der Waals surface area contributed by atoms with Crippen molar-refractivity contribution in [3.63, 3.8) is 0 Å². The molecule has 9 heteroatoms. The van der Waals surface area contributed by atoms with Gasteiger partial charge in [-0.1, -0.05) is 12.1 Å². The van der Waals surface area contributed by atoms with Crippen LogP contribution in [0.4, 0.5) is 13.2 Å². The van der Waals surface area contributed by atoms with Crippen LogP contribution in [0.1, 0.15) is 16.8 Å². The van der Waals surface area contributed by atoms with E-state index in [1.165, 1.54) is 24.3 Å². The Morgan fingerprint density at radius 1 is 1.29 bits per heavy atom. The lowest BCUT2D eigenvalue weighted by atomic mass is 10.2. The van der Waals surface area contributed by atoms with Gasteiger partial charge in [0.25, 0.3) is 5.91 Å². The fourth-order valence-electron chi connectivity index (χ4n) is 1.41. The number of alkyl halides is 3. The van der Waals surface area contributed by atoms with Crippen LogP contribution in [0.5, 0.6) is 0 Å². The highest BCUT2D eigenvalue weighted by molar-refractivity contribution is 8.00. The summed E-state index contributed by atoms with van der Waals surface area (Å²) in [6.07, 6.45) is -1.87. The number of aliphatic hydroxyl groups is 1. The number of halogens is 3. The molecule has 0 aliphatic heterocycles. The highest BCUT2D eigenvalue weighted by atomic mass is 32.2. The number of thioether (sulfide) groups is 1. The van der Waals surface area contributed by atoms with Gasteiger partial charge in [-0.15, -0.1) is 0 Å². The first-order valence-corrected chi connectivity index (χ1v) is 6.56. The van der Waals surface area contributed by atoms with Crippen molar-refractivity contribution in [1.82, 2.24) is 5.32 Å². The summed E-state index contributed by atoms with van der Waals surface area (Å²) in [7, 11) is 0. The summed E-state index contributed by atoms with van der Waals surface area (Å²) in [5, 5.41) is 19.7. The van der Waals surface area contributed by atoms with Crippen molar-refractivity contribution in [1.29, 1.82) is 0 Å². The van der Waals surface area contributed by atoms with Crippen LogP contribution in [-0.2, 0) is 4.79 Å². The van der Waals surface area contributed by atoms with Gasteiger partial charge in [0.1, 0.15) is 0 Å². The molecule has 3 N–H and O–H groups in total. The first-order valence-electron chi connectivity index (χ1n) is 5.74. The predicted molar refractivity (Wildman–Crippen MR) is 68.9 cm³/mol. The summed E-state index contributed by atoms with van der Waals surface area (Å²) in [4.78, 5) is 21.9. The van der Waals surface area contributed by atoms with Crippen molar-refractivity contribution in [3.8, 4) is 0 Å². The second-order valence-electron chi connectivity index (χ2n) is 3.94. The summed E-state index contributed by atoms with van der Waals surface area (Å²) in [6, 6.07) is 5.19. The Morgan fingerprint density at radius 2 is 1.90 bits per heavy atom. The maximum Gasteiger partial charge on any atom is 0.446 e. The van der Waals surface area contributed by atoms with Gasteiger partial charge in [-0.25, -0.2) is 4.79 Å². The highest BCUT2D eigenvalue weighted by Gasteiger charge is 2.31. The molecule has 0 fully saturated rings. The quantitative estimate of drug-likeness (QED) is 0.696. The monoisotopic (exact) mass is 323 g/mol. The zero-order chi connectivity index (χ0) is 16.0. The topological polar surface area (TPSA) is 86.6 Å². The maximum absolute atomic E-state index is 12.4. The number of carbonyl (C=O) groups excluding carboxylic acids is 1. The average Bonchev–Trinajstić information content (AvgIpc) is 2.37. The Kier molecular flexibility index (Phi) is 6.03. The van der Waals surface area contributed by atoms with Crippen molar-refractivity contribution in [2.24, 2.45) is 0 Å². The molecule has 0 saturated heterocycles. The molecule has 0 heterocycles. The fourth-order valence-corrected chi connectivity index (χ4v) is 2.08. The van der Waals surface area contributed by atoms with Gasteiger partial charge in [0.05, 0.1) is 5.56 Å². The molecule has 0 radical (unpaired) electrons. The number of nitrogens with one attached hydrogen (secondary N) is 1. The Bertz CT molecular complexity index is 521. The second-order valence-corrected chi connectivity index (χ2v) is 5.05. The summed E-state index contributed by atoms with van der Waals surface area (Å²) >= 11 is -0.404. The SMILES string of the molecule is O=C(NCC[C@H](O)C(=O)O)c1ccccc1SC(F)(F)F. The summed E-state index contributed by atoms with van der Waals surface area (Å²) in [5.74, 6) is -2.20. The smallest absolute Gasteiger partial charge is 0.446 e. The zero-order valence-electron chi connectivity index (χ0n) is 10.6. The molecule has 0 aliphatic carbocycles. The highest BCUT2D eigenvalue weighted by Crippen LogP contribution is 2.38. The van der Waals surface area contributed by atoms with Crippen molar-refractivity contribution >= 4 is 23.6 Å². The minimum absolute atomic E-state index is 0.162. The number of rotatable bonds is 6. The Hall–Kier alpha value is -1.74. The summed E-state index contributed by atoms with van der Waals surface area (Å²) < 4.78 is 37.1. The zero-order valence-corrected chi connectivity index (χ0v) is 11.4. The third-order valence-corrected chi connectivity index (χ3v) is 3.15. The third-order valence-electron chi connectivity index (χ3n) is 2.35. The number of aliphatic hydroxyl groups excluding tert-OH is 1. The number of carboxylic acids is 1. The van der Waals surface area contributed by atoms with Crippen LogP contribution in [0.15, 0.2) is 29.2 Å². The van der Waals surface area contributed by atoms with Crippen molar-refractivity contribution < 1.29 is 33.0 Å². The first-order chi connectivity index (χ1) is 9.70. The van der Waals surface area contributed by atoms with E-state index in [9.17, 15) is 22.8 Å². The van der Waals surface area contributed by atoms with Gasteiger partial charge in [0.15, 0.2) is 6.10 Å². The number of carboxylic acid groups (broad SMARTS) is 1. The molecular weight excluding hydrogens is 311 g/mol. The molecule has 1 atom stereocenters. The van der Waals surface area contributed by atoms with E-state index in [-0.39, 0.29) is 23.4 Å². The van der Waals surface area contributed by atoms with Crippen molar-refractivity contribution in [3.05, 3.63) is 29.8 Å². The van der Waals surface area contributed by atoms with E-state index >= 15 is 0 Å². The van der Waals surface area contributed by atoms with Crippen LogP contribution >= 0.6 is 11.8 Å². The Labute approximate surface area is 122 Å². The molecule has 1 aromatic rings. The molecule has 1 rings (SSSR count). The lowest BCUT2D eigenvalue weighted by molar-refractivity contribution is -0.146. The molecule has 0 aromatic heterocycles. The molecular formula is C12H12F3NO4S. The fraction of sp³-hybridized carbons (Fsp3) is 0.333. The van der Waals surface area contributed by atoms with Gasteiger partial charge < -0.3 is 15.5 Å². The number of benzene rings is 1. The number of amides is 1. The molecule has 0 aliphatic rings. The van der Waals surface area contributed by atoms with E-state index in [2.05, 4.69) is 5.32 Å². The van der Waals surface area contributed by atoms with Gasteiger partial charge >= 0.3 is 11.5 Å². The van der Waals surface area contributed by atoms with E-state index in [1.54, 1.807) is 0 Å². The predicted octanol–water partition coefficient (Wildman–Crippen LogP) is 1.86. The number of aliphatic carboxylic acids is 1. The van der Waals surface area contributed by atoms with E-state index in [4.69, 9.17) is 10.2 Å². The van der Waals surface area contributed by atoms with Crippen LogP contribution in [0.2, 0.25) is 0 Å². The molecule has 0 saturated carbocycles. The molecule has 0 spiro atoms. The molecule has 0 unspecified atom stereocenters. The Morgan fingerprint density at radius 3 is 2.48 bits per heavy atom. The van der Waals surface area contributed by atoms with E-state index in [0.717, 1.165) is 0 Å². The standard InChI is InChI=1S/C12H12F3NO4S/c13-12(14,15)21-9-4-2-1-3-7(9)10(18)16-6-5-8(17)11(19)20/h1-4,8,17H,5-6H2,(H,16,18)(H,19,20)/t8-/m0/s1. The largest absolute Gasteiger partial charge is 0.479 e. The Balaban J connectivity index is 2.68. The third kappa shape index (κ3) is 6.05. The number of carbonyl (C=O) groups is 2.